The molecule has 0 atom stereocenters. The summed E-state index contributed by atoms with van der Waals surface area (Å²) in [5, 5.41) is 3.76. The molecule has 0 fully saturated rings. The number of hydrogen-bond acceptors (Lipinski definition) is 3. The molecule has 3 rings (SSSR count). The molecule has 1 amide bonds. The van der Waals surface area contributed by atoms with Gasteiger partial charge >= 0.3 is 0 Å². The number of benzene rings is 1. The van der Waals surface area contributed by atoms with Crippen molar-refractivity contribution in [2.75, 3.05) is 5.32 Å². The van der Waals surface area contributed by atoms with E-state index in [0.717, 1.165) is 10.9 Å². The Kier molecular flexibility index (Phi) is 3.05. The molecule has 3 aromatic rings. The van der Waals surface area contributed by atoms with E-state index in [1.54, 1.807) is 18.3 Å². The Bertz CT molecular complexity index is 752. The number of pyridine rings is 1. The van der Waals surface area contributed by atoms with Gasteiger partial charge in [0.25, 0.3) is 5.91 Å². The van der Waals surface area contributed by atoms with Crippen molar-refractivity contribution in [3.63, 3.8) is 0 Å². The van der Waals surface area contributed by atoms with Crippen LogP contribution in [0.3, 0.4) is 0 Å². The van der Waals surface area contributed by atoms with Crippen LogP contribution in [-0.2, 0) is 0 Å². The minimum atomic E-state index is -0.283. The first kappa shape index (κ1) is 11.9. The highest BCUT2D eigenvalue weighted by molar-refractivity contribution is 9.10. The number of hydrogen-bond donors (Lipinski definition) is 1. The van der Waals surface area contributed by atoms with Crippen LogP contribution in [0.2, 0.25) is 0 Å². The van der Waals surface area contributed by atoms with Gasteiger partial charge < -0.3 is 9.73 Å². The summed E-state index contributed by atoms with van der Waals surface area (Å²) in [5.74, 6) is -0.0212. The molecule has 19 heavy (non-hydrogen) atoms. The molecule has 0 unspecified atom stereocenters. The van der Waals surface area contributed by atoms with Crippen molar-refractivity contribution >= 4 is 38.4 Å². The van der Waals surface area contributed by atoms with Crippen molar-refractivity contribution in [3.8, 4) is 0 Å². The number of rotatable bonds is 2. The van der Waals surface area contributed by atoms with E-state index in [-0.39, 0.29) is 11.7 Å². The molecule has 0 radical (unpaired) electrons. The van der Waals surface area contributed by atoms with Gasteiger partial charge in [0.05, 0.1) is 5.52 Å². The fraction of sp³-hybridized carbons (Fsp3) is 0. The Hall–Kier alpha value is -2.14. The number of carbonyl (C=O) groups is 1. The van der Waals surface area contributed by atoms with E-state index < -0.39 is 0 Å². The smallest absolute Gasteiger partial charge is 0.291 e. The molecule has 1 aromatic carbocycles. The van der Waals surface area contributed by atoms with Crippen LogP contribution >= 0.6 is 15.9 Å². The molecule has 0 bridgehead atoms. The number of anilines is 1. The second-order valence-corrected chi connectivity index (χ2v) is 4.75. The zero-order valence-corrected chi connectivity index (χ0v) is 11.3. The molecule has 2 aromatic heterocycles. The molecular weight excluding hydrogens is 308 g/mol. The van der Waals surface area contributed by atoms with Gasteiger partial charge in [0.1, 0.15) is 0 Å². The second kappa shape index (κ2) is 4.85. The predicted molar refractivity (Wildman–Crippen MR) is 76.1 cm³/mol. The summed E-state index contributed by atoms with van der Waals surface area (Å²) in [6.07, 6.45) is 1.74. The Morgan fingerprint density at radius 1 is 1.21 bits per heavy atom. The Morgan fingerprint density at radius 2 is 2.11 bits per heavy atom. The maximum absolute atomic E-state index is 11.9. The average molecular weight is 317 g/mol. The third kappa shape index (κ3) is 2.51. The van der Waals surface area contributed by atoms with Crippen LogP contribution in [0.25, 0.3) is 10.9 Å². The van der Waals surface area contributed by atoms with Crippen molar-refractivity contribution in [2.45, 2.75) is 0 Å². The van der Waals surface area contributed by atoms with Crippen LogP contribution in [0.4, 0.5) is 5.69 Å². The van der Waals surface area contributed by atoms with Gasteiger partial charge in [-0.05, 0) is 52.3 Å². The summed E-state index contributed by atoms with van der Waals surface area (Å²) in [4.78, 5) is 16.1. The van der Waals surface area contributed by atoms with Gasteiger partial charge in [0, 0.05) is 17.3 Å². The Labute approximate surface area is 117 Å². The molecule has 0 spiro atoms. The first-order valence-corrected chi connectivity index (χ1v) is 6.43. The number of nitrogens with zero attached hydrogens (tertiary/aromatic N) is 1. The lowest BCUT2D eigenvalue weighted by Gasteiger charge is -2.04. The summed E-state index contributed by atoms with van der Waals surface area (Å²) in [6.45, 7) is 0. The Balaban J connectivity index is 1.87. The zero-order chi connectivity index (χ0) is 13.2. The van der Waals surface area contributed by atoms with Gasteiger partial charge in [-0.1, -0.05) is 6.07 Å². The summed E-state index contributed by atoms with van der Waals surface area (Å²) in [5.41, 5.74) is 1.60. The van der Waals surface area contributed by atoms with Gasteiger partial charge in [-0.3, -0.25) is 9.78 Å². The Morgan fingerprint density at radius 3 is 2.89 bits per heavy atom. The number of aromatic nitrogens is 1. The highest BCUT2D eigenvalue weighted by Gasteiger charge is 2.10. The summed E-state index contributed by atoms with van der Waals surface area (Å²) < 4.78 is 5.73. The van der Waals surface area contributed by atoms with Crippen LogP contribution in [0.5, 0.6) is 0 Å². The van der Waals surface area contributed by atoms with Gasteiger partial charge in [0.15, 0.2) is 10.4 Å². The van der Waals surface area contributed by atoms with E-state index >= 15 is 0 Å². The molecule has 2 heterocycles. The SMILES string of the molecule is O=C(Nc1ccc2ncccc2c1)c1ccc(Br)o1. The van der Waals surface area contributed by atoms with Crippen molar-refractivity contribution in [3.05, 3.63) is 59.1 Å². The van der Waals surface area contributed by atoms with E-state index in [2.05, 4.69) is 26.2 Å². The predicted octanol–water partition coefficient (Wildman–Crippen LogP) is 3.84. The van der Waals surface area contributed by atoms with Crippen LogP contribution < -0.4 is 5.32 Å². The van der Waals surface area contributed by atoms with Crippen molar-refractivity contribution < 1.29 is 9.21 Å². The number of furan rings is 1. The van der Waals surface area contributed by atoms with E-state index in [0.29, 0.717) is 10.4 Å². The quantitative estimate of drug-likeness (QED) is 0.781. The molecule has 0 saturated heterocycles. The molecule has 0 aliphatic rings. The third-order valence-electron chi connectivity index (χ3n) is 2.66. The molecular formula is C14H9BrN2O2. The lowest BCUT2D eigenvalue weighted by Crippen LogP contribution is -2.10. The molecule has 0 aliphatic heterocycles. The van der Waals surface area contributed by atoms with Gasteiger partial charge in [0.2, 0.25) is 0 Å². The van der Waals surface area contributed by atoms with Crippen molar-refractivity contribution in [2.24, 2.45) is 0 Å². The lowest BCUT2D eigenvalue weighted by atomic mass is 10.2. The number of halogens is 1. The van der Waals surface area contributed by atoms with Crippen LogP contribution in [0.1, 0.15) is 10.6 Å². The molecule has 0 saturated carbocycles. The minimum absolute atomic E-state index is 0.262. The van der Waals surface area contributed by atoms with Gasteiger partial charge in [-0.15, -0.1) is 0 Å². The average Bonchev–Trinajstić information content (AvgIpc) is 2.85. The largest absolute Gasteiger partial charge is 0.444 e. The third-order valence-corrected chi connectivity index (χ3v) is 3.08. The standard InChI is InChI=1S/C14H9BrN2O2/c15-13-6-5-12(19-13)14(18)17-10-3-4-11-9(8-10)2-1-7-16-11/h1-8H,(H,17,18). The first-order valence-electron chi connectivity index (χ1n) is 5.64. The molecule has 5 heteroatoms. The fourth-order valence-electron chi connectivity index (χ4n) is 1.78. The van der Waals surface area contributed by atoms with Crippen molar-refractivity contribution in [1.82, 2.24) is 4.98 Å². The summed E-state index contributed by atoms with van der Waals surface area (Å²) in [6, 6.07) is 12.6. The normalized spacial score (nSPS) is 10.6. The lowest BCUT2D eigenvalue weighted by molar-refractivity contribution is 0.0995. The number of carbonyl (C=O) groups excluding carboxylic acids is 1. The van der Waals surface area contributed by atoms with E-state index in [4.69, 9.17) is 4.42 Å². The summed E-state index contributed by atoms with van der Waals surface area (Å²) in [7, 11) is 0. The van der Waals surface area contributed by atoms with Gasteiger partial charge in [-0.2, -0.15) is 0 Å². The second-order valence-electron chi connectivity index (χ2n) is 3.97. The number of fused-ring (bicyclic) bond motifs is 1. The molecule has 94 valence electrons. The summed E-state index contributed by atoms with van der Waals surface area (Å²) >= 11 is 3.16. The molecule has 0 aliphatic carbocycles. The maximum Gasteiger partial charge on any atom is 0.291 e. The number of nitrogens with one attached hydrogen (secondary N) is 1. The molecule has 1 N–H and O–H groups in total. The molecule has 4 nitrogen and oxygen atoms in total. The van der Waals surface area contributed by atoms with Crippen LogP contribution in [-0.4, -0.2) is 10.9 Å². The van der Waals surface area contributed by atoms with E-state index in [9.17, 15) is 4.79 Å². The fourth-order valence-corrected chi connectivity index (χ4v) is 2.09. The first-order chi connectivity index (χ1) is 9.22. The van der Waals surface area contributed by atoms with E-state index in [1.807, 2.05) is 30.3 Å². The number of amides is 1. The van der Waals surface area contributed by atoms with Crippen LogP contribution in [0.15, 0.2) is 57.7 Å². The monoisotopic (exact) mass is 316 g/mol. The van der Waals surface area contributed by atoms with Gasteiger partial charge in [-0.25, -0.2) is 0 Å². The zero-order valence-electron chi connectivity index (χ0n) is 9.76. The van der Waals surface area contributed by atoms with Crippen LogP contribution in [0, 0.1) is 0 Å². The maximum atomic E-state index is 11.9. The highest BCUT2D eigenvalue weighted by atomic mass is 79.9. The topological polar surface area (TPSA) is 55.1 Å². The minimum Gasteiger partial charge on any atom is -0.444 e. The highest BCUT2D eigenvalue weighted by Crippen LogP contribution is 2.19. The van der Waals surface area contributed by atoms with E-state index in [1.165, 1.54) is 0 Å². The van der Waals surface area contributed by atoms with Crippen molar-refractivity contribution in [1.29, 1.82) is 0 Å².